The van der Waals surface area contributed by atoms with E-state index >= 15 is 0 Å². The minimum absolute atomic E-state index is 0.526. The van der Waals surface area contributed by atoms with Crippen LogP contribution in [0.1, 0.15) is 0 Å². The normalized spacial score (nSPS) is 34.0. The molecule has 21 heavy (non-hydrogen) atoms. The Morgan fingerprint density at radius 2 is 1.29 bits per heavy atom. The van der Waals surface area contributed by atoms with Gasteiger partial charge in [0.15, 0.2) is 6.29 Å². The van der Waals surface area contributed by atoms with E-state index in [-0.39, 0.29) is 0 Å². The Morgan fingerprint density at radius 1 is 0.857 bits per heavy atom. The Kier molecular flexibility index (Phi) is 8.04. The second kappa shape index (κ2) is 8.04. The Morgan fingerprint density at radius 3 is 1.57 bits per heavy atom. The van der Waals surface area contributed by atoms with Crippen molar-refractivity contribution in [2.24, 2.45) is 0 Å². The van der Waals surface area contributed by atoms with E-state index < -0.39 is 53.0 Å². The molecule has 0 amide bonds. The van der Waals surface area contributed by atoms with Crippen LogP contribution in [0, 0.1) is 0 Å². The highest BCUT2D eigenvalue weighted by atomic mass is 31.3. The molecule has 13 nitrogen and oxygen atoms in total. The summed E-state index contributed by atoms with van der Waals surface area (Å²) >= 11 is 0. The molecule has 1 heterocycles. The Balaban J connectivity index is 0.000000400. The number of hydrogen-bond acceptors (Lipinski definition) is 9. The van der Waals surface area contributed by atoms with Crippen molar-refractivity contribution in [1.29, 1.82) is 0 Å². The molecule has 0 aromatic carbocycles. The monoisotopic (exact) mass is 358 g/mol. The second-order valence-electron chi connectivity index (χ2n) is 3.78. The van der Waals surface area contributed by atoms with Gasteiger partial charge in [-0.2, -0.15) is 4.31 Å². The van der Waals surface area contributed by atoms with Gasteiger partial charge in [-0.15, -0.1) is 0 Å². The van der Waals surface area contributed by atoms with Crippen molar-refractivity contribution in [2.45, 2.75) is 30.7 Å². The smallest absolute Gasteiger partial charge is 0.394 e. The minimum Gasteiger partial charge on any atom is -0.394 e. The number of hydrogen-bond donors (Lipinski definition) is 9. The zero-order chi connectivity index (χ0) is 17.0. The van der Waals surface area contributed by atoms with Crippen LogP contribution in [0.3, 0.4) is 0 Å². The van der Waals surface area contributed by atoms with Crippen LogP contribution in [0.5, 0.6) is 0 Å². The summed E-state index contributed by atoms with van der Waals surface area (Å²) in [7, 11) is -10.1. The van der Waals surface area contributed by atoms with Gasteiger partial charge < -0.3 is 49.8 Å². The summed E-state index contributed by atoms with van der Waals surface area (Å²) < 4.78 is 26.8. The maximum absolute atomic E-state index is 9.63. The van der Waals surface area contributed by atoms with Crippen molar-refractivity contribution in [2.75, 3.05) is 6.61 Å². The zero-order valence-electron chi connectivity index (χ0n) is 10.1. The summed E-state index contributed by atoms with van der Waals surface area (Å²) in [6.45, 7) is -0.526. The summed E-state index contributed by atoms with van der Waals surface area (Å²) in [5.41, 5.74) is 0. The van der Waals surface area contributed by atoms with Gasteiger partial charge in [0, 0.05) is 0 Å². The lowest BCUT2D eigenvalue weighted by Gasteiger charge is -2.37. The van der Waals surface area contributed by atoms with Crippen LogP contribution in [0.2, 0.25) is 0 Å². The maximum Gasteiger partial charge on any atom is 0.478 e. The van der Waals surface area contributed by atoms with Gasteiger partial charge in [0.25, 0.3) is 0 Å². The first-order valence-electron chi connectivity index (χ1n) is 5.09. The van der Waals surface area contributed by atoms with E-state index in [1.54, 1.807) is 0 Å². The third kappa shape index (κ3) is 8.28. The summed E-state index contributed by atoms with van der Waals surface area (Å²) in [5, 5.41) is 44.7. The third-order valence-corrected chi connectivity index (χ3v) is 3.78. The fraction of sp³-hybridized carbons (Fsp3) is 1.00. The zero-order valence-corrected chi connectivity index (χ0v) is 11.9. The van der Waals surface area contributed by atoms with Crippen LogP contribution in [0.4, 0.5) is 0 Å². The van der Waals surface area contributed by atoms with Crippen LogP contribution >= 0.6 is 15.6 Å². The summed E-state index contributed by atoms with van der Waals surface area (Å²) in [6, 6.07) is 0. The molecule has 9 N–H and O–H groups in total. The van der Waals surface area contributed by atoms with E-state index in [9.17, 15) is 9.13 Å². The SMILES string of the molecule is O=P(O)(O)OP(=O)(O)O.OC[C@H]1O[C@H](O)[C@@H](O)[C@@H](O)[C@@H]1O. The lowest BCUT2D eigenvalue weighted by atomic mass is 10.00. The predicted molar refractivity (Wildman–Crippen MR) is 61.2 cm³/mol. The molecule has 0 bridgehead atoms. The number of phosphoric acid groups is 2. The molecular formula is C6H16O13P2. The Hall–Kier alpha value is 0.0200. The molecule has 0 saturated carbocycles. The van der Waals surface area contributed by atoms with E-state index in [1.165, 1.54) is 0 Å². The Bertz CT molecular complexity index is 377. The van der Waals surface area contributed by atoms with E-state index in [4.69, 9.17) is 45.1 Å². The number of aliphatic hydroxyl groups is 5. The van der Waals surface area contributed by atoms with Crippen molar-refractivity contribution < 1.29 is 63.3 Å². The fourth-order valence-electron chi connectivity index (χ4n) is 1.22. The molecule has 0 radical (unpaired) electrons. The topological polar surface area (TPSA) is 235 Å². The van der Waals surface area contributed by atoms with E-state index in [1.807, 2.05) is 0 Å². The molecule has 1 aliphatic rings. The second-order valence-corrected chi connectivity index (χ2v) is 6.40. The molecule has 1 rings (SSSR count). The van der Waals surface area contributed by atoms with Crippen LogP contribution in [-0.4, -0.2) is 82.4 Å². The summed E-state index contributed by atoms with van der Waals surface area (Å²) in [4.78, 5) is 31.0. The molecule has 1 aliphatic heterocycles. The van der Waals surface area contributed by atoms with Gasteiger partial charge in [-0.05, 0) is 0 Å². The highest BCUT2D eigenvalue weighted by Gasteiger charge is 2.42. The number of aliphatic hydroxyl groups excluding tert-OH is 5. The van der Waals surface area contributed by atoms with Crippen LogP contribution < -0.4 is 0 Å². The van der Waals surface area contributed by atoms with E-state index in [0.717, 1.165) is 0 Å². The quantitative estimate of drug-likeness (QED) is 0.219. The average Bonchev–Trinajstić information content (AvgIpc) is 2.27. The van der Waals surface area contributed by atoms with E-state index in [2.05, 4.69) is 9.05 Å². The molecule has 0 aliphatic carbocycles. The predicted octanol–water partition coefficient (Wildman–Crippen LogP) is -4.03. The first-order valence-corrected chi connectivity index (χ1v) is 8.15. The fourth-order valence-corrected chi connectivity index (χ4v) is 2.33. The van der Waals surface area contributed by atoms with Crippen LogP contribution in [0.25, 0.3) is 0 Å². The number of rotatable bonds is 3. The van der Waals surface area contributed by atoms with E-state index in [0.29, 0.717) is 0 Å². The third-order valence-electron chi connectivity index (χ3n) is 2.08. The Labute approximate surface area is 117 Å². The molecule has 15 heteroatoms. The summed E-state index contributed by atoms with van der Waals surface area (Å²) in [5.74, 6) is 0. The molecule has 0 spiro atoms. The largest absolute Gasteiger partial charge is 0.478 e. The van der Waals surface area contributed by atoms with Gasteiger partial charge in [-0.25, -0.2) is 9.13 Å². The summed E-state index contributed by atoms with van der Waals surface area (Å²) in [6.07, 6.45) is -7.04. The standard InChI is InChI=1S/C6H12O6.H4O7P2/c7-1-2-3(8)4(9)5(10)6(11)12-2;1-8(2,3)7-9(4,5)6/h2-11H,1H2;(H2,1,2,3)(H2,4,5,6)/t2-,3-,4+,5+,6+;/m1./s1. The minimum atomic E-state index is -5.05. The van der Waals surface area contributed by atoms with Gasteiger partial charge in [0.05, 0.1) is 6.61 Å². The highest BCUT2D eigenvalue weighted by molar-refractivity contribution is 7.60. The molecule has 0 unspecified atom stereocenters. The molecule has 0 aromatic heterocycles. The molecular weight excluding hydrogens is 342 g/mol. The van der Waals surface area contributed by atoms with Gasteiger partial charge in [0.2, 0.25) is 0 Å². The van der Waals surface area contributed by atoms with Gasteiger partial charge in [-0.1, -0.05) is 0 Å². The van der Waals surface area contributed by atoms with Gasteiger partial charge >= 0.3 is 15.6 Å². The molecule has 128 valence electrons. The first kappa shape index (κ1) is 21.0. The van der Waals surface area contributed by atoms with Crippen LogP contribution in [-0.2, 0) is 18.2 Å². The average molecular weight is 358 g/mol. The van der Waals surface area contributed by atoms with Crippen molar-refractivity contribution in [3.63, 3.8) is 0 Å². The van der Waals surface area contributed by atoms with Crippen LogP contribution in [0.15, 0.2) is 0 Å². The van der Waals surface area contributed by atoms with Gasteiger partial charge in [0.1, 0.15) is 24.4 Å². The lowest BCUT2D eigenvalue weighted by Crippen LogP contribution is -2.58. The first-order chi connectivity index (χ1) is 9.28. The van der Waals surface area contributed by atoms with Crippen molar-refractivity contribution in [3.05, 3.63) is 0 Å². The van der Waals surface area contributed by atoms with Crippen molar-refractivity contribution >= 4 is 15.6 Å². The lowest BCUT2D eigenvalue weighted by molar-refractivity contribution is -0.286. The molecule has 5 atom stereocenters. The van der Waals surface area contributed by atoms with Crippen molar-refractivity contribution in [1.82, 2.24) is 0 Å². The van der Waals surface area contributed by atoms with Gasteiger partial charge in [-0.3, -0.25) is 0 Å². The maximum atomic E-state index is 9.63. The van der Waals surface area contributed by atoms with Crippen molar-refractivity contribution in [3.8, 4) is 0 Å². The molecule has 1 saturated heterocycles. The molecule has 1 fully saturated rings. The number of ether oxygens (including phenoxy) is 1. The molecule has 0 aromatic rings. The highest BCUT2D eigenvalue weighted by Crippen LogP contribution is 2.53.